The molecule has 1 saturated heterocycles. The van der Waals surface area contributed by atoms with Gasteiger partial charge in [0.15, 0.2) is 0 Å². The number of thiophene rings is 1. The molecule has 3 atom stereocenters. The van der Waals surface area contributed by atoms with Gasteiger partial charge in [-0.15, -0.1) is 36.2 Å². The summed E-state index contributed by atoms with van der Waals surface area (Å²) in [4.78, 5) is 23.0. The molecule has 9 heteroatoms. The first-order valence-corrected chi connectivity index (χ1v) is 11.7. The zero-order valence-electron chi connectivity index (χ0n) is 18.2. The van der Waals surface area contributed by atoms with Crippen molar-refractivity contribution in [1.29, 1.82) is 0 Å². The Morgan fingerprint density at radius 3 is 2.94 bits per heavy atom. The minimum absolute atomic E-state index is 0. The molecule has 1 aromatic carbocycles. The fraction of sp³-hybridized carbons (Fsp3) is 0.375. The Hall–Kier alpha value is -2.19. The van der Waals surface area contributed by atoms with E-state index in [1.165, 1.54) is 28.9 Å². The highest BCUT2D eigenvalue weighted by Gasteiger charge is 2.40. The molecule has 1 aliphatic carbocycles. The summed E-state index contributed by atoms with van der Waals surface area (Å²) in [7, 11) is 1.76. The van der Waals surface area contributed by atoms with Crippen molar-refractivity contribution in [3.05, 3.63) is 64.3 Å². The molecular weight excluding hydrogens is 479 g/mol. The number of halogens is 2. The summed E-state index contributed by atoms with van der Waals surface area (Å²) in [6, 6.07) is 10.7. The Morgan fingerprint density at radius 1 is 1.21 bits per heavy atom. The quantitative estimate of drug-likeness (QED) is 0.440. The Balaban J connectivity index is 0.00000130. The average molecular weight is 505 g/mol. The summed E-state index contributed by atoms with van der Waals surface area (Å²) >= 11 is 1.44. The summed E-state index contributed by atoms with van der Waals surface area (Å²) in [6.45, 7) is 1.70. The third-order valence-corrected chi connectivity index (χ3v) is 8.09. The molecule has 0 amide bonds. The van der Waals surface area contributed by atoms with Crippen LogP contribution in [0.15, 0.2) is 47.7 Å². The van der Waals surface area contributed by atoms with Gasteiger partial charge in [-0.2, -0.15) is 0 Å². The SMILES string of the molecule is COc1cccc2c1CC[C@H]1CNC(CCn3cnc4c(sc5ncccc54)c3=O)[C@@H]21.Cl.Cl. The number of hydrogen-bond donors (Lipinski definition) is 1. The Morgan fingerprint density at radius 2 is 2.09 bits per heavy atom. The van der Waals surface area contributed by atoms with E-state index in [9.17, 15) is 4.79 Å². The van der Waals surface area contributed by atoms with Crippen LogP contribution in [-0.2, 0) is 13.0 Å². The van der Waals surface area contributed by atoms with E-state index in [-0.39, 0.29) is 30.4 Å². The van der Waals surface area contributed by atoms with Crippen molar-refractivity contribution in [2.45, 2.75) is 37.8 Å². The molecule has 6 nitrogen and oxygen atoms in total. The number of ether oxygens (including phenoxy) is 1. The second kappa shape index (κ2) is 9.58. The first-order valence-electron chi connectivity index (χ1n) is 10.9. The van der Waals surface area contributed by atoms with Crippen LogP contribution in [0.2, 0.25) is 0 Å². The van der Waals surface area contributed by atoms with E-state index in [0.717, 1.165) is 40.9 Å². The van der Waals surface area contributed by atoms with Gasteiger partial charge in [0.1, 0.15) is 15.3 Å². The minimum atomic E-state index is 0. The van der Waals surface area contributed by atoms with Gasteiger partial charge in [-0.05, 0) is 61.1 Å². The van der Waals surface area contributed by atoms with E-state index in [0.29, 0.717) is 29.1 Å². The molecule has 1 N–H and O–H groups in total. The van der Waals surface area contributed by atoms with Gasteiger partial charge in [0, 0.05) is 30.1 Å². The molecule has 4 heterocycles. The van der Waals surface area contributed by atoms with Crippen LogP contribution in [0.25, 0.3) is 20.4 Å². The molecule has 0 bridgehead atoms. The maximum absolute atomic E-state index is 13.1. The second-order valence-corrected chi connectivity index (χ2v) is 9.53. The lowest BCUT2D eigenvalue weighted by molar-refractivity contribution is 0.371. The Kier molecular flexibility index (Phi) is 6.96. The lowest BCUT2D eigenvalue weighted by atomic mass is 9.73. The molecule has 0 spiro atoms. The van der Waals surface area contributed by atoms with Crippen LogP contribution in [0.5, 0.6) is 5.75 Å². The number of aromatic nitrogens is 3. The van der Waals surface area contributed by atoms with Crippen molar-refractivity contribution in [1.82, 2.24) is 19.9 Å². The van der Waals surface area contributed by atoms with Crippen molar-refractivity contribution >= 4 is 56.6 Å². The molecule has 0 saturated carbocycles. The lowest BCUT2D eigenvalue weighted by Gasteiger charge is -2.32. The van der Waals surface area contributed by atoms with Gasteiger partial charge in [0.05, 0.1) is 19.0 Å². The Bertz CT molecular complexity index is 1360. The largest absolute Gasteiger partial charge is 0.496 e. The molecule has 0 radical (unpaired) electrons. The third kappa shape index (κ3) is 3.91. The van der Waals surface area contributed by atoms with Crippen LogP contribution in [0.3, 0.4) is 0 Å². The van der Waals surface area contributed by atoms with E-state index in [2.05, 4.69) is 33.5 Å². The van der Waals surface area contributed by atoms with Gasteiger partial charge in [0.25, 0.3) is 5.56 Å². The Labute approximate surface area is 208 Å². The first kappa shape index (κ1) is 24.0. The number of benzene rings is 1. The van der Waals surface area contributed by atoms with Crippen molar-refractivity contribution in [2.75, 3.05) is 13.7 Å². The predicted octanol–water partition coefficient (Wildman–Crippen LogP) is 4.57. The van der Waals surface area contributed by atoms with Gasteiger partial charge in [-0.1, -0.05) is 12.1 Å². The van der Waals surface area contributed by atoms with Crippen molar-refractivity contribution < 1.29 is 4.74 Å². The van der Waals surface area contributed by atoms with Crippen LogP contribution in [0, 0.1) is 5.92 Å². The van der Waals surface area contributed by atoms with E-state index >= 15 is 0 Å². The van der Waals surface area contributed by atoms with Gasteiger partial charge < -0.3 is 10.1 Å². The number of pyridine rings is 1. The molecule has 1 aliphatic heterocycles. The van der Waals surface area contributed by atoms with Crippen LogP contribution in [0.1, 0.15) is 29.9 Å². The molecule has 2 aliphatic rings. The number of nitrogens with one attached hydrogen (secondary N) is 1. The summed E-state index contributed by atoms with van der Waals surface area (Å²) < 4.78 is 8.09. The normalized spacial score (nSPS) is 21.2. The summed E-state index contributed by atoms with van der Waals surface area (Å²) in [5.74, 6) is 2.13. The number of rotatable bonds is 4. The maximum atomic E-state index is 13.1. The highest BCUT2D eigenvalue weighted by Crippen LogP contribution is 2.45. The minimum Gasteiger partial charge on any atom is -0.496 e. The molecule has 33 heavy (non-hydrogen) atoms. The summed E-state index contributed by atoms with van der Waals surface area (Å²) in [5.41, 5.74) is 3.58. The van der Waals surface area contributed by atoms with E-state index in [1.807, 2.05) is 12.1 Å². The number of hydrogen-bond acceptors (Lipinski definition) is 6. The highest BCUT2D eigenvalue weighted by atomic mass is 35.5. The molecule has 1 fully saturated rings. The van der Waals surface area contributed by atoms with Gasteiger partial charge in [-0.3, -0.25) is 9.36 Å². The molecule has 6 rings (SSSR count). The second-order valence-electron chi connectivity index (χ2n) is 8.54. The van der Waals surface area contributed by atoms with Crippen molar-refractivity contribution in [3.8, 4) is 5.75 Å². The number of aryl methyl sites for hydroxylation is 1. The van der Waals surface area contributed by atoms with E-state index in [4.69, 9.17) is 4.74 Å². The average Bonchev–Trinajstić information content (AvgIpc) is 3.40. The van der Waals surface area contributed by atoms with Crippen LogP contribution >= 0.6 is 36.2 Å². The molecule has 1 unspecified atom stereocenters. The van der Waals surface area contributed by atoms with Gasteiger partial charge in [-0.25, -0.2) is 9.97 Å². The lowest BCUT2D eigenvalue weighted by Crippen LogP contribution is -2.31. The fourth-order valence-electron chi connectivity index (χ4n) is 5.54. The van der Waals surface area contributed by atoms with Crippen LogP contribution in [-0.4, -0.2) is 34.2 Å². The molecular formula is C24H26Cl2N4O2S. The van der Waals surface area contributed by atoms with E-state index < -0.39 is 0 Å². The number of nitrogens with zero attached hydrogens (tertiary/aromatic N) is 3. The number of fused-ring (bicyclic) bond motifs is 6. The zero-order valence-corrected chi connectivity index (χ0v) is 20.6. The van der Waals surface area contributed by atoms with Gasteiger partial charge >= 0.3 is 0 Å². The topological polar surface area (TPSA) is 69.0 Å². The fourth-order valence-corrected chi connectivity index (χ4v) is 6.59. The highest BCUT2D eigenvalue weighted by molar-refractivity contribution is 7.25. The number of methoxy groups -OCH3 is 1. The van der Waals surface area contributed by atoms with Crippen molar-refractivity contribution in [3.63, 3.8) is 0 Å². The van der Waals surface area contributed by atoms with Crippen LogP contribution in [0.4, 0.5) is 0 Å². The van der Waals surface area contributed by atoms with E-state index in [1.54, 1.807) is 24.2 Å². The first-order chi connectivity index (χ1) is 15.2. The van der Waals surface area contributed by atoms with Crippen molar-refractivity contribution in [2.24, 2.45) is 5.92 Å². The molecule has 3 aromatic heterocycles. The zero-order chi connectivity index (χ0) is 20.9. The smallest absolute Gasteiger partial charge is 0.271 e. The monoisotopic (exact) mass is 504 g/mol. The maximum Gasteiger partial charge on any atom is 0.271 e. The molecule has 4 aromatic rings. The molecule has 174 valence electrons. The van der Waals surface area contributed by atoms with Crippen LogP contribution < -0.4 is 15.6 Å². The standard InChI is InChI=1S/C24H24N4O2S.2ClH/c1-30-19-6-2-4-16-15(19)8-7-14-12-26-18(20(14)16)9-11-28-13-27-21-17-5-3-10-25-23(17)31-22(21)24(28)29;;/h2-6,10,13-14,18,20,26H,7-9,11-12H2,1H3;2*1H/t14-,18?,20+;;/m0../s1. The van der Waals surface area contributed by atoms with Gasteiger partial charge in [0.2, 0.25) is 0 Å². The summed E-state index contributed by atoms with van der Waals surface area (Å²) in [5, 5.41) is 4.70. The third-order valence-electron chi connectivity index (χ3n) is 7.00. The summed E-state index contributed by atoms with van der Waals surface area (Å²) in [6.07, 6.45) is 6.62. The predicted molar refractivity (Wildman–Crippen MR) is 138 cm³/mol.